The molecule has 172 valence electrons. The number of nitrogens with one attached hydrogen (secondary N) is 2. The number of piperidine rings is 1. The second-order valence-electron chi connectivity index (χ2n) is 9.65. The monoisotopic (exact) mass is 443 g/mol. The Morgan fingerprint density at radius 1 is 1.18 bits per heavy atom. The first-order chi connectivity index (χ1) is 16.2. The Morgan fingerprint density at radius 3 is 2.79 bits per heavy atom. The van der Waals surface area contributed by atoms with Gasteiger partial charge in [-0.15, -0.1) is 0 Å². The lowest BCUT2D eigenvalue weighted by Gasteiger charge is -2.38. The average molecular weight is 444 g/mol. The highest BCUT2D eigenvalue weighted by atomic mass is 16.2. The van der Waals surface area contributed by atoms with Crippen molar-refractivity contribution in [3.63, 3.8) is 0 Å². The molecule has 5 rings (SSSR count). The van der Waals surface area contributed by atoms with Crippen molar-refractivity contribution in [3.8, 4) is 6.07 Å². The number of rotatable bonds is 5. The predicted molar refractivity (Wildman–Crippen MR) is 130 cm³/mol. The lowest BCUT2D eigenvalue weighted by molar-refractivity contribution is -0.131. The Bertz CT molecular complexity index is 1010. The first kappa shape index (κ1) is 21.8. The van der Waals surface area contributed by atoms with Gasteiger partial charge in [0, 0.05) is 56.3 Å². The van der Waals surface area contributed by atoms with Gasteiger partial charge in [0.15, 0.2) is 0 Å². The van der Waals surface area contributed by atoms with Crippen LogP contribution in [0.3, 0.4) is 0 Å². The van der Waals surface area contributed by atoms with E-state index in [0.717, 1.165) is 64.0 Å². The molecule has 2 N–H and O–H groups in total. The summed E-state index contributed by atoms with van der Waals surface area (Å²) >= 11 is 0. The van der Waals surface area contributed by atoms with Crippen LogP contribution in [-0.2, 0) is 4.79 Å². The zero-order valence-corrected chi connectivity index (χ0v) is 19.2. The third kappa shape index (κ3) is 4.99. The van der Waals surface area contributed by atoms with E-state index in [9.17, 15) is 10.1 Å². The van der Waals surface area contributed by atoms with Crippen molar-refractivity contribution >= 4 is 11.5 Å². The van der Waals surface area contributed by atoms with Gasteiger partial charge in [-0.05, 0) is 61.2 Å². The highest BCUT2D eigenvalue weighted by molar-refractivity contribution is 5.78. The Morgan fingerprint density at radius 2 is 2.00 bits per heavy atom. The van der Waals surface area contributed by atoms with Gasteiger partial charge in [0.2, 0.25) is 5.91 Å². The van der Waals surface area contributed by atoms with Crippen LogP contribution in [0, 0.1) is 23.2 Å². The van der Waals surface area contributed by atoms with E-state index in [1.807, 2.05) is 23.1 Å². The summed E-state index contributed by atoms with van der Waals surface area (Å²) in [6.45, 7) is 5.28. The van der Waals surface area contributed by atoms with Gasteiger partial charge in [-0.1, -0.05) is 24.3 Å². The molecule has 3 aliphatic heterocycles. The fraction of sp³-hybridized carbons (Fsp3) is 0.481. The van der Waals surface area contributed by atoms with Gasteiger partial charge in [-0.2, -0.15) is 5.26 Å². The molecular weight excluding hydrogens is 410 g/mol. The number of hydrogen-bond acceptors (Lipinski definition) is 5. The molecule has 1 aromatic carbocycles. The summed E-state index contributed by atoms with van der Waals surface area (Å²) in [4.78, 5) is 16.8. The van der Waals surface area contributed by atoms with Crippen LogP contribution in [0.5, 0.6) is 0 Å². The van der Waals surface area contributed by atoms with E-state index in [1.54, 1.807) is 0 Å². The topological polar surface area (TPSA) is 71.4 Å². The SMILES string of the molecule is N#Cc1cccc(C2=CC3C=CNCC3C(NC3CCN(CC(=O)N4CCCC4)CC3)=C2)c1. The minimum absolute atomic E-state index is 0.297. The van der Waals surface area contributed by atoms with Crippen molar-refractivity contribution in [1.82, 2.24) is 20.4 Å². The summed E-state index contributed by atoms with van der Waals surface area (Å²) in [5.41, 5.74) is 4.24. The minimum Gasteiger partial charge on any atom is -0.390 e. The van der Waals surface area contributed by atoms with Gasteiger partial charge < -0.3 is 15.5 Å². The number of allylic oxidation sites excluding steroid dienone is 4. The fourth-order valence-corrected chi connectivity index (χ4v) is 5.49. The number of carbonyl (C=O) groups is 1. The third-order valence-corrected chi connectivity index (χ3v) is 7.42. The fourth-order valence-electron chi connectivity index (χ4n) is 5.49. The van der Waals surface area contributed by atoms with Gasteiger partial charge in [0.25, 0.3) is 0 Å². The van der Waals surface area contributed by atoms with Crippen LogP contribution in [0.15, 0.2) is 54.4 Å². The summed E-state index contributed by atoms with van der Waals surface area (Å²) in [7, 11) is 0. The van der Waals surface area contributed by atoms with E-state index in [0.29, 0.717) is 35.9 Å². The average Bonchev–Trinajstić information content (AvgIpc) is 3.40. The smallest absolute Gasteiger partial charge is 0.236 e. The summed E-state index contributed by atoms with van der Waals surface area (Å²) in [5, 5.41) is 16.6. The van der Waals surface area contributed by atoms with Crippen LogP contribution in [0.4, 0.5) is 0 Å². The standard InChI is InChI=1S/C27H33N5O/c28-17-20-4-3-5-21(14-20)23-15-22-6-9-29-18-25(22)26(16-23)30-24-7-12-31(13-8-24)19-27(33)32-10-1-2-11-32/h3-6,9,14-16,22,24-25,29-30H,1-2,7-8,10-13,18-19H2. The second-order valence-corrected chi connectivity index (χ2v) is 9.65. The van der Waals surface area contributed by atoms with E-state index in [1.165, 1.54) is 11.3 Å². The largest absolute Gasteiger partial charge is 0.390 e. The molecule has 0 radical (unpaired) electrons. The Kier molecular flexibility index (Phi) is 6.50. The van der Waals surface area contributed by atoms with Crippen molar-refractivity contribution in [2.24, 2.45) is 11.8 Å². The number of nitrogens with zero attached hydrogens (tertiary/aromatic N) is 3. The molecule has 1 aliphatic carbocycles. The highest BCUT2D eigenvalue weighted by Gasteiger charge is 2.31. The van der Waals surface area contributed by atoms with Crippen LogP contribution >= 0.6 is 0 Å². The number of fused-ring (bicyclic) bond motifs is 1. The first-order valence-electron chi connectivity index (χ1n) is 12.3. The molecular formula is C27H33N5O. The molecule has 4 aliphatic rings. The van der Waals surface area contributed by atoms with Crippen LogP contribution in [0.2, 0.25) is 0 Å². The summed E-state index contributed by atoms with van der Waals surface area (Å²) in [6, 6.07) is 10.5. The van der Waals surface area contributed by atoms with Crippen molar-refractivity contribution in [3.05, 3.63) is 65.5 Å². The van der Waals surface area contributed by atoms with Crippen LogP contribution in [0.25, 0.3) is 5.57 Å². The van der Waals surface area contributed by atoms with Gasteiger partial charge in [-0.3, -0.25) is 9.69 Å². The normalized spacial score (nSPS) is 25.5. The van der Waals surface area contributed by atoms with Gasteiger partial charge in [0.1, 0.15) is 0 Å². The number of amides is 1. The molecule has 2 fully saturated rings. The van der Waals surface area contributed by atoms with Crippen molar-refractivity contribution in [1.29, 1.82) is 5.26 Å². The van der Waals surface area contributed by atoms with Crippen molar-refractivity contribution in [2.75, 3.05) is 39.3 Å². The van der Waals surface area contributed by atoms with Gasteiger partial charge >= 0.3 is 0 Å². The molecule has 0 aromatic heterocycles. The molecule has 3 heterocycles. The zero-order valence-electron chi connectivity index (χ0n) is 19.2. The molecule has 2 saturated heterocycles. The van der Waals surface area contributed by atoms with E-state index >= 15 is 0 Å². The minimum atomic E-state index is 0.297. The molecule has 2 atom stereocenters. The van der Waals surface area contributed by atoms with E-state index in [-0.39, 0.29) is 0 Å². The predicted octanol–water partition coefficient (Wildman–Crippen LogP) is 2.86. The lowest BCUT2D eigenvalue weighted by atomic mass is 9.79. The van der Waals surface area contributed by atoms with Crippen molar-refractivity contribution in [2.45, 2.75) is 31.7 Å². The summed E-state index contributed by atoms with van der Waals surface area (Å²) in [5.74, 6) is 1.04. The van der Waals surface area contributed by atoms with Crippen LogP contribution in [0.1, 0.15) is 36.8 Å². The number of hydrogen-bond donors (Lipinski definition) is 2. The Balaban J connectivity index is 1.24. The number of likely N-dealkylation sites (tertiary alicyclic amines) is 2. The van der Waals surface area contributed by atoms with Crippen molar-refractivity contribution < 1.29 is 4.79 Å². The molecule has 6 nitrogen and oxygen atoms in total. The first-order valence-corrected chi connectivity index (χ1v) is 12.3. The maximum atomic E-state index is 12.5. The van der Waals surface area contributed by atoms with Crippen LogP contribution in [-0.4, -0.2) is 61.0 Å². The number of nitriles is 1. The second kappa shape index (κ2) is 9.84. The highest BCUT2D eigenvalue weighted by Crippen LogP contribution is 2.35. The summed E-state index contributed by atoms with van der Waals surface area (Å²) in [6.07, 6.45) is 13.3. The third-order valence-electron chi connectivity index (χ3n) is 7.42. The molecule has 6 heteroatoms. The molecule has 0 saturated carbocycles. The van der Waals surface area contributed by atoms with E-state index in [2.05, 4.69) is 52.1 Å². The van der Waals surface area contributed by atoms with E-state index in [4.69, 9.17) is 0 Å². The number of carbonyl (C=O) groups excluding carboxylic acids is 1. The molecule has 2 unspecified atom stereocenters. The lowest BCUT2D eigenvalue weighted by Crippen LogP contribution is -2.47. The Labute approximate surface area is 196 Å². The van der Waals surface area contributed by atoms with Gasteiger partial charge in [0.05, 0.1) is 18.2 Å². The zero-order chi connectivity index (χ0) is 22.6. The quantitative estimate of drug-likeness (QED) is 0.732. The molecule has 1 amide bonds. The summed E-state index contributed by atoms with van der Waals surface area (Å²) < 4.78 is 0. The van der Waals surface area contributed by atoms with Crippen LogP contribution < -0.4 is 10.6 Å². The maximum Gasteiger partial charge on any atom is 0.236 e. The maximum absolute atomic E-state index is 12.5. The van der Waals surface area contributed by atoms with Gasteiger partial charge in [-0.25, -0.2) is 0 Å². The van der Waals surface area contributed by atoms with E-state index < -0.39 is 0 Å². The molecule has 33 heavy (non-hydrogen) atoms. The molecule has 0 spiro atoms. The molecule has 0 bridgehead atoms. The number of benzene rings is 1. The Hall–Kier alpha value is -3.04. The molecule has 1 aromatic rings.